The van der Waals surface area contributed by atoms with Crippen LogP contribution in [0, 0.1) is 5.92 Å². The Hall–Kier alpha value is -1.44. The van der Waals surface area contributed by atoms with Crippen LogP contribution in [0.4, 0.5) is 0 Å². The number of nitrogens with zero attached hydrogens (tertiary/aromatic N) is 1. The van der Waals surface area contributed by atoms with Crippen molar-refractivity contribution in [2.75, 3.05) is 26.2 Å². The quantitative estimate of drug-likeness (QED) is 0.592. The Morgan fingerprint density at radius 3 is 2.42 bits per heavy atom. The van der Waals surface area contributed by atoms with Gasteiger partial charge in [-0.05, 0) is 41.4 Å². The first-order valence-electron chi connectivity index (χ1n) is 8.46. The Balaban J connectivity index is 2.52. The monoisotopic (exact) mass is 354 g/mol. The average molecular weight is 355 g/mol. The molecule has 24 heavy (non-hydrogen) atoms. The molecule has 6 nitrogen and oxygen atoms in total. The first-order valence-corrected chi connectivity index (χ1v) is 9.41. The highest BCUT2D eigenvalue weighted by atomic mass is 32.1. The first-order chi connectivity index (χ1) is 11.4. The maximum absolute atomic E-state index is 12.0. The molecule has 0 fully saturated rings. The summed E-state index contributed by atoms with van der Waals surface area (Å²) in [7, 11) is 0. The molecular weight excluding hydrogens is 324 g/mol. The molecule has 0 radical (unpaired) electrons. The SMILES string of the molecule is CCN(CC)C(CNC(=O)CNC(=O)[C@@H](N)C(C)C)c1ccsc1. The van der Waals surface area contributed by atoms with Gasteiger partial charge >= 0.3 is 0 Å². The van der Waals surface area contributed by atoms with E-state index in [2.05, 4.69) is 40.8 Å². The number of thiophene rings is 1. The molecule has 0 saturated carbocycles. The molecule has 1 aromatic rings. The van der Waals surface area contributed by atoms with Crippen molar-refractivity contribution in [2.24, 2.45) is 11.7 Å². The minimum Gasteiger partial charge on any atom is -0.353 e. The van der Waals surface area contributed by atoms with Crippen LogP contribution < -0.4 is 16.4 Å². The van der Waals surface area contributed by atoms with Crippen LogP contribution >= 0.6 is 11.3 Å². The van der Waals surface area contributed by atoms with Crippen LogP contribution in [0.25, 0.3) is 0 Å². The zero-order valence-corrected chi connectivity index (χ0v) is 15.9. The molecular formula is C17H30N4O2S. The van der Waals surface area contributed by atoms with Gasteiger partial charge in [-0.25, -0.2) is 0 Å². The van der Waals surface area contributed by atoms with Crippen molar-refractivity contribution in [1.82, 2.24) is 15.5 Å². The van der Waals surface area contributed by atoms with E-state index in [0.717, 1.165) is 13.1 Å². The van der Waals surface area contributed by atoms with Crippen LogP contribution in [0.2, 0.25) is 0 Å². The summed E-state index contributed by atoms with van der Waals surface area (Å²) in [6.07, 6.45) is 0. The molecule has 0 aliphatic heterocycles. The van der Waals surface area contributed by atoms with Crippen LogP contribution in [0.1, 0.15) is 39.3 Å². The maximum atomic E-state index is 12.0. The minimum absolute atomic E-state index is 0.0405. The van der Waals surface area contributed by atoms with Gasteiger partial charge in [-0.15, -0.1) is 0 Å². The minimum atomic E-state index is -0.591. The lowest BCUT2D eigenvalue weighted by molar-refractivity contribution is -0.127. The second kappa shape index (κ2) is 10.4. The van der Waals surface area contributed by atoms with Gasteiger partial charge in [-0.3, -0.25) is 14.5 Å². The molecule has 0 saturated heterocycles. The van der Waals surface area contributed by atoms with E-state index in [0.29, 0.717) is 6.54 Å². The third-order valence-corrected chi connectivity index (χ3v) is 4.82. The molecule has 0 aliphatic carbocycles. The number of hydrogen-bond acceptors (Lipinski definition) is 5. The van der Waals surface area contributed by atoms with Gasteiger partial charge in [0, 0.05) is 6.54 Å². The lowest BCUT2D eigenvalue weighted by Gasteiger charge is -2.29. The third-order valence-electron chi connectivity index (χ3n) is 4.12. The van der Waals surface area contributed by atoms with Crippen molar-refractivity contribution in [1.29, 1.82) is 0 Å². The summed E-state index contributed by atoms with van der Waals surface area (Å²) in [5.74, 6) is -0.455. The lowest BCUT2D eigenvalue weighted by atomic mass is 10.1. The molecule has 0 spiro atoms. The summed E-state index contributed by atoms with van der Waals surface area (Å²) in [4.78, 5) is 26.1. The predicted octanol–water partition coefficient (Wildman–Crippen LogP) is 1.35. The maximum Gasteiger partial charge on any atom is 0.239 e. The van der Waals surface area contributed by atoms with E-state index >= 15 is 0 Å². The van der Waals surface area contributed by atoms with E-state index in [1.807, 2.05) is 19.2 Å². The summed E-state index contributed by atoms with van der Waals surface area (Å²) in [5.41, 5.74) is 6.96. The van der Waals surface area contributed by atoms with Crippen LogP contribution in [0.5, 0.6) is 0 Å². The van der Waals surface area contributed by atoms with E-state index in [1.54, 1.807) is 11.3 Å². The summed E-state index contributed by atoms with van der Waals surface area (Å²) < 4.78 is 0. The second-order valence-electron chi connectivity index (χ2n) is 6.09. The third kappa shape index (κ3) is 6.22. The number of carbonyl (C=O) groups is 2. The summed E-state index contributed by atoms with van der Waals surface area (Å²) >= 11 is 1.65. The number of hydrogen-bond donors (Lipinski definition) is 3. The fourth-order valence-corrected chi connectivity index (χ4v) is 3.15. The molecule has 1 rings (SSSR count). The number of carbonyl (C=O) groups excluding carboxylic acids is 2. The highest BCUT2D eigenvalue weighted by Gasteiger charge is 2.20. The average Bonchev–Trinajstić information content (AvgIpc) is 3.09. The van der Waals surface area contributed by atoms with Crippen LogP contribution in [0.15, 0.2) is 16.8 Å². The molecule has 0 bridgehead atoms. The molecule has 1 aromatic heterocycles. The molecule has 2 atom stereocenters. The van der Waals surface area contributed by atoms with Gasteiger partial charge in [0.05, 0.1) is 18.6 Å². The Labute approximate surface area is 148 Å². The zero-order valence-electron chi connectivity index (χ0n) is 15.0. The molecule has 136 valence electrons. The van der Waals surface area contributed by atoms with Gasteiger partial charge < -0.3 is 16.4 Å². The lowest BCUT2D eigenvalue weighted by Crippen LogP contribution is -2.48. The first kappa shape index (κ1) is 20.6. The van der Waals surface area contributed by atoms with Crippen LogP contribution in [0.3, 0.4) is 0 Å². The fourth-order valence-electron chi connectivity index (χ4n) is 2.45. The zero-order chi connectivity index (χ0) is 18.1. The molecule has 0 aromatic carbocycles. The van der Waals surface area contributed by atoms with Gasteiger partial charge in [-0.2, -0.15) is 11.3 Å². The summed E-state index contributed by atoms with van der Waals surface area (Å²) in [6.45, 7) is 10.3. The Bertz CT molecular complexity index is 501. The van der Waals surface area contributed by atoms with E-state index in [9.17, 15) is 9.59 Å². The largest absolute Gasteiger partial charge is 0.353 e. The van der Waals surface area contributed by atoms with Gasteiger partial charge in [0.15, 0.2) is 0 Å². The molecule has 4 N–H and O–H groups in total. The highest BCUT2D eigenvalue weighted by molar-refractivity contribution is 7.07. The van der Waals surface area contributed by atoms with Crippen molar-refractivity contribution < 1.29 is 9.59 Å². The number of amides is 2. The van der Waals surface area contributed by atoms with E-state index in [-0.39, 0.29) is 30.3 Å². The van der Waals surface area contributed by atoms with Crippen molar-refractivity contribution in [3.8, 4) is 0 Å². The van der Waals surface area contributed by atoms with E-state index < -0.39 is 6.04 Å². The van der Waals surface area contributed by atoms with Crippen molar-refractivity contribution in [3.05, 3.63) is 22.4 Å². The molecule has 1 unspecified atom stereocenters. The Morgan fingerprint density at radius 1 is 1.25 bits per heavy atom. The van der Waals surface area contributed by atoms with Gasteiger partial charge in [0.25, 0.3) is 0 Å². The standard InChI is InChI=1S/C17H30N4O2S/c1-5-21(6-2)14(13-7-8-24-11-13)9-19-15(22)10-20-17(23)16(18)12(3)4/h7-8,11-12,14,16H,5-6,9-10,18H2,1-4H3,(H,19,22)(H,20,23)/t14?,16-/m0/s1. The van der Waals surface area contributed by atoms with E-state index in [1.165, 1.54) is 5.56 Å². The van der Waals surface area contributed by atoms with Crippen molar-refractivity contribution in [2.45, 2.75) is 39.8 Å². The topological polar surface area (TPSA) is 87.5 Å². The van der Waals surface area contributed by atoms with Gasteiger partial charge in [0.1, 0.15) is 0 Å². The van der Waals surface area contributed by atoms with Crippen LogP contribution in [-0.2, 0) is 9.59 Å². The smallest absolute Gasteiger partial charge is 0.239 e. The molecule has 7 heteroatoms. The summed E-state index contributed by atoms with van der Waals surface area (Å²) in [6, 6.07) is 1.64. The molecule has 0 aliphatic rings. The van der Waals surface area contributed by atoms with Gasteiger partial charge in [0.2, 0.25) is 11.8 Å². The van der Waals surface area contributed by atoms with E-state index in [4.69, 9.17) is 5.73 Å². The van der Waals surface area contributed by atoms with Gasteiger partial charge in [-0.1, -0.05) is 27.7 Å². The number of likely N-dealkylation sites (N-methyl/N-ethyl adjacent to an activating group) is 1. The molecule has 1 heterocycles. The highest BCUT2D eigenvalue weighted by Crippen LogP contribution is 2.22. The second-order valence-corrected chi connectivity index (χ2v) is 6.87. The number of nitrogens with one attached hydrogen (secondary N) is 2. The molecule has 2 amide bonds. The van der Waals surface area contributed by atoms with Crippen LogP contribution in [-0.4, -0.2) is 48.9 Å². The Morgan fingerprint density at radius 2 is 1.92 bits per heavy atom. The predicted molar refractivity (Wildman–Crippen MR) is 98.8 cm³/mol. The fraction of sp³-hybridized carbons (Fsp3) is 0.647. The normalized spacial score (nSPS) is 13.8. The van der Waals surface area contributed by atoms with Crippen molar-refractivity contribution >= 4 is 23.2 Å². The summed E-state index contributed by atoms with van der Waals surface area (Å²) in [5, 5.41) is 9.66. The van der Waals surface area contributed by atoms with Crippen molar-refractivity contribution in [3.63, 3.8) is 0 Å². The Kier molecular flexibility index (Phi) is 8.95. The number of rotatable bonds is 10. The number of nitrogens with two attached hydrogens (primary N) is 1.